The summed E-state index contributed by atoms with van der Waals surface area (Å²) in [5.41, 5.74) is 10.2. The minimum atomic E-state index is 0.637. The summed E-state index contributed by atoms with van der Waals surface area (Å²) in [6.07, 6.45) is 3.23. The zero-order valence-electron chi connectivity index (χ0n) is 10.5. The molecule has 0 amide bonds. The van der Waals surface area contributed by atoms with Crippen molar-refractivity contribution in [1.29, 1.82) is 0 Å². The summed E-state index contributed by atoms with van der Waals surface area (Å²) in [6.45, 7) is 0. The Morgan fingerprint density at radius 2 is 2.05 bits per heavy atom. The SMILES string of the molecule is Nc1cnnc2cc(-c3c[c]c4occc4c3)ccc12. The largest absolute Gasteiger partial charge is 0.464 e. The number of nitrogen functional groups attached to an aromatic ring is 1. The number of benzene rings is 2. The lowest BCUT2D eigenvalue weighted by atomic mass is 10.0. The van der Waals surface area contributed by atoms with Crippen LogP contribution in [0.4, 0.5) is 5.69 Å². The second kappa shape index (κ2) is 4.06. The topological polar surface area (TPSA) is 64.9 Å². The van der Waals surface area contributed by atoms with Crippen LogP contribution in [-0.2, 0) is 0 Å². The number of hydrogen-bond donors (Lipinski definition) is 1. The van der Waals surface area contributed by atoms with Crippen LogP contribution in [0.25, 0.3) is 33.0 Å². The molecule has 0 fully saturated rings. The maximum Gasteiger partial charge on any atom is 0.141 e. The molecule has 4 heteroatoms. The van der Waals surface area contributed by atoms with Crippen molar-refractivity contribution in [3.63, 3.8) is 0 Å². The van der Waals surface area contributed by atoms with Crippen LogP contribution in [0, 0.1) is 6.07 Å². The molecule has 0 saturated carbocycles. The summed E-state index contributed by atoms with van der Waals surface area (Å²) in [5.74, 6) is 0. The fraction of sp³-hybridized carbons (Fsp3) is 0. The average Bonchev–Trinajstić information content (AvgIpc) is 2.94. The van der Waals surface area contributed by atoms with Crippen LogP contribution in [-0.4, -0.2) is 10.2 Å². The minimum Gasteiger partial charge on any atom is -0.464 e. The first-order chi connectivity index (χ1) is 9.81. The summed E-state index contributed by atoms with van der Waals surface area (Å²) in [4.78, 5) is 0. The first-order valence-corrected chi connectivity index (χ1v) is 6.21. The maximum atomic E-state index is 5.88. The smallest absolute Gasteiger partial charge is 0.141 e. The van der Waals surface area contributed by atoms with E-state index in [-0.39, 0.29) is 0 Å². The van der Waals surface area contributed by atoms with E-state index in [9.17, 15) is 0 Å². The van der Waals surface area contributed by atoms with Crippen molar-refractivity contribution < 1.29 is 4.42 Å². The summed E-state index contributed by atoms with van der Waals surface area (Å²) < 4.78 is 5.30. The Balaban J connectivity index is 1.92. The number of hydrogen-bond acceptors (Lipinski definition) is 4. The van der Waals surface area contributed by atoms with Crippen molar-refractivity contribution in [2.75, 3.05) is 5.73 Å². The highest BCUT2D eigenvalue weighted by atomic mass is 16.3. The molecule has 2 aromatic carbocycles. The third kappa shape index (κ3) is 1.62. The number of nitrogens with two attached hydrogens (primary N) is 1. The average molecular weight is 260 g/mol. The van der Waals surface area contributed by atoms with E-state index in [0.29, 0.717) is 5.69 Å². The normalized spacial score (nSPS) is 11.2. The van der Waals surface area contributed by atoms with Gasteiger partial charge in [-0.25, -0.2) is 0 Å². The molecule has 4 nitrogen and oxygen atoms in total. The molecule has 0 bridgehead atoms. The Morgan fingerprint density at radius 3 is 3.00 bits per heavy atom. The van der Waals surface area contributed by atoms with Crippen LogP contribution in [0.15, 0.2) is 53.3 Å². The van der Waals surface area contributed by atoms with Crippen molar-refractivity contribution in [2.45, 2.75) is 0 Å². The van der Waals surface area contributed by atoms with Gasteiger partial charge in [0, 0.05) is 16.8 Å². The predicted octanol–water partition coefficient (Wildman–Crippen LogP) is 3.43. The Morgan fingerprint density at radius 1 is 1.10 bits per heavy atom. The monoisotopic (exact) mass is 260 g/mol. The molecule has 0 atom stereocenters. The molecular weight excluding hydrogens is 250 g/mol. The van der Waals surface area contributed by atoms with Crippen LogP contribution in [0.3, 0.4) is 0 Å². The van der Waals surface area contributed by atoms with Crippen molar-refractivity contribution in [3.05, 3.63) is 54.9 Å². The molecule has 0 aliphatic heterocycles. The van der Waals surface area contributed by atoms with Gasteiger partial charge >= 0.3 is 0 Å². The first kappa shape index (κ1) is 11.0. The zero-order chi connectivity index (χ0) is 13.5. The standard InChI is InChI=1S/C16H10N3O/c17-14-9-18-19-15-8-11(1-3-13(14)15)10-2-4-16-12(7-10)5-6-20-16/h1-3,5-9H,(H2,17,19). The van der Waals surface area contributed by atoms with E-state index < -0.39 is 0 Å². The summed E-state index contributed by atoms with van der Waals surface area (Å²) >= 11 is 0. The van der Waals surface area contributed by atoms with Gasteiger partial charge in [0.15, 0.2) is 0 Å². The Kier molecular flexibility index (Phi) is 2.23. The lowest BCUT2D eigenvalue weighted by molar-refractivity contribution is 0.615. The van der Waals surface area contributed by atoms with E-state index >= 15 is 0 Å². The van der Waals surface area contributed by atoms with E-state index in [2.05, 4.69) is 22.3 Å². The molecule has 2 heterocycles. The van der Waals surface area contributed by atoms with Gasteiger partial charge in [0.05, 0.1) is 23.7 Å². The number of aromatic nitrogens is 2. The number of furan rings is 1. The zero-order valence-corrected chi connectivity index (χ0v) is 10.5. The summed E-state index contributed by atoms with van der Waals surface area (Å²) in [5, 5.41) is 9.96. The first-order valence-electron chi connectivity index (χ1n) is 6.21. The van der Waals surface area contributed by atoms with Gasteiger partial charge in [-0.05, 0) is 41.5 Å². The van der Waals surface area contributed by atoms with Crippen LogP contribution >= 0.6 is 0 Å². The molecular formula is C16H10N3O. The quantitative estimate of drug-likeness (QED) is 0.569. The van der Waals surface area contributed by atoms with Crippen molar-refractivity contribution in [3.8, 4) is 11.1 Å². The predicted molar refractivity (Wildman–Crippen MR) is 78.0 cm³/mol. The van der Waals surface area contributed by atoms with Gasteiger partial charge < -0.3 is 10.2 Å². The van der Waals surface area contributed by atoms with Gasteiger partial charge in [-0.2, -0.15) is 10.2 Å². The van der Waals surface area contributed by atoms with Gasteiger partial charge in [0.25, 0.3) is 0 Å². The van der Waals surface area contributed by atoms with Crippen LogP contribution in [0.2, 0.25) is 0 Å². The molecule has 4 rings (SSSR count). The van der Waals surface area contributed by atoms with E-state index in [0.717, 1.165) is 33.0 Å². The van der Waals surface area contributed by atoms with E-state index in [1.165, 1.54) is 0 Å². The van der Waals surface area contributed by atoms with Crippen molar-refractivity contribution in [2.24, 2.45) is 0 Å². The third-order valence-electron chi connectivity index (χ3n) is 3.37. The van der Waals surface area contributed by atoms with Crippen molar-refractivity contribution >= 4 is 27.6 Å². The van der Waals surface area contributed by atoms with E-state index in [1.807, 2.05) is 30.3 Å². The second-order valence-electron chi connectivity index (χ2n) is 4.63. The highest BCUT2D eigenvalue weighted by Crippen LogP contribution is 2.28. The second-order valence-corrected chi connectivity index (χ2v) is 4.63. The molecule has 0 spiro atoms. The van der Waals surface area contributed by atoms with Gasteiger partial charge in [-0.3, -0.25) is 0 Å². The Labute approximate surface area is 114 Å². The molecule has 20 heavy (non-hydrogen) atoms. The highest BCUT2D eigenvalue weighted by Gasteiger charge is 2.05. The molecule has 0 aliphatic rings. The van der Waals surface area contributed by atoms with E-state index in [4.69, 9.17) is 10.2 Å². The van der Waals surface area contributed by atoms with Gasteiger partial charge in [0.1, 0.15) is 5.58 Å². The summed E-state index contributed by atoms with van der Waals surface area (Å²) in [6, 6.07) is 15.0. The molecule has 4 aromatic rings. The van der Waals surface area contributed by atoms with Crippen LogP contribution in [0.5, 0.6) is 0 Å². The Bertz CT molecular complexity index is 927. The fourth-order valence-electron chi connectivity index (χ4n) is 2.33. The highest BCUT2D eigenvalue weighted by molar-refractivity contribution is 5.93. The van der Waals surface area contributed by atoms with Gasteiger partial charge in [-0.1, -0.05) is 6.07 Å². The number of anilines is 1. The maximum absolute atomic E-state index is 5.88. The molecule has 2 aromatic heterocycles. The third-order valence-corrected chi connectivity index (χ3v) is 3.37. The lowest BCUT2D eigenvalue weighted by Gasteiger charge is -2.04. The van der Waals surface area contributed by atoms with Crippen LogP contribution in [0.1, 0.15) is 0 Å². The van der Waals surface area contributed by atoms with Gasteiger partial charge in [0.2, 0.25) is 0 Å². The van der Waals surface area contributed by atoms with Gasteiger partial charge in [-0.15, -0.1) is 0 Å². The number of rotatable bonds is 1. The molecule has 0 unspecified atom stereocenters. The fourth-order valence-corrected chi connectivity index (χ4v) is 2.33. The van der Waals surface area contributed by atoms with E-state index in [1.54, 1.807) is 12.5 Å². The number of nitrogens with zero attached hydrogens (tertiary/aromatic N) is 2. The molecule has 95 valence electrons. The molecule has 0 saturated heterocycles. The molecule has 2 N–H and O–H groups in total. The summed E-state index contributed by atoms with van der Waals surface area (Å²) in [7, 11) is 0. The lowest BCUT2D eigenvalue weighted by Crippen LogP contribution is -1.92. The van der Waals surface area contributed by atoms with Crippen molar-refractivity contribution in [1.82, 2.24) is 10.2 Å². The minimum absolute atomic E-state index is 0.637. The number of fused-ring (bicyclic) bond motifs is 2. The molecule has 1 radical (unpaired) electrons. The van der Waals surface area contributed by atoms with Crippen LogP contribution < -0.4 is 5.73 Å². The Hall–Kier alpha value is -2.88. The molecule has 0 aliphatic carbocycles.